The van der Waals surface area contributed by atoms with E-state index in [1.54, 1.807) is 75.4 Å². The third-order valence-electron chi connectivity index (χ3n) is 6.81. The standard InChI is InChI=1S/C32H30N2O8S/c1-6-40-30(36)20-10-8-9-19(15-20)24-13-12-22(42-24)17-26-29(35)34-28(23-16-21(38-4)11-14-25(23)39-5)27(31(37)41-7-2)18(3)33-32(34)43-26/h8-17,28H,6-7H2,1-5H3/b26-17-. The number of allylic oxidation sites excluding steroid dienone is 1. The van der Waals surface area contributed by atoms with E-state index in [4.69, 9.17) is 23.4 Å². The molecule has 2 aromatic carbocycles. The van der Waals surface area contributed by atoms with Crippen molar-refractivity contribution in [1.82, 2.24) is 4.57 Å². The van der Waals surface area contributed by atoms with Crippen LogP contribution in [0.25, 0.3) is 17.4 Å². The smallest absolute Gasteiger partial charge is 0.338 e. The number of hydrogen-bond acceptors (Lipinski definition) is 10. The van der Waals surface area contributed by atoms with Gasteiger partial charge in [-0.2, -0.15) is 0 Å². The molecule has 0 bridgehead atoms. The zero-order valence-corrected chi connectivity index (χ0v) is 25.2. The minimum Gasteiger partial charge on any atom is -0.497 e. The van der Waals surface area contributed by atoms with Gasteiger partial charge in [0.2, 0.25) is 0 Å². The predicted octanol–water partition coefficient (Wildman–Crippen LogP) is 4.25. The molecule has 0 fully saturated rings. The van der Waals surface area contributed by atoms with Gasteiger partial charge in [0.25, 0.3) is 5.56 Å². The zero-order chi connectivity index (χ0) is 30.7. The van der Waals surface area contributed by atoms with Crippen molar-refractivity contribution in [2.45, 2.75) is 26.8 Å². The molecule has 0 aliphatic carbocycles. The molecule has 0 saturated heterocycles. The lowest BCUT2D eigenvalue weighted by Crippen LogP contribution is -2.40. The van der Waals surface area contributed by atoms with Gasteiger partial charge >= 0.3 is 11.9 Å². The summed E-state index contributed by atoms with van der Waals surface area (Å²) in [7, 11) is 3.06. The quantitative estimate of drug-likeness (QED) is 0.261. The second-order valence-electron chi connectivity index (χ2n) is 9.41. The summed E-state index contributed by atoms with van der Waals surface area (Å²) >= 11 is 1.18. The average molecular weight is 603 g/mol. The SMILES string of the molecule is CCOC(=O)C1=C(C)N=c2s/c(=C\c3ccc(-c4cccc(C(=O)OCC)c4)o3)c(=O)n2C1c1cc(OC)ccc1OC. The predicted molar refractivity (Wildman–Crippen MR) is 160 cm³/mol. The Balaban J connectivity index is 1.62. The normalized spacial score (nSPS) is 14.6. The van der Waals surface area contributed by atoms with Gasteiger partial charge in [-0.3, -0.25) is 9.36 Å². The first-order valence-corrected chi connectivity index (χ1v) is 14.4. The number of esters is 2. The van der Waals surface area contributed by atoms with Crippen LogP contribution in [-0.2, 0) is 14.3 Å². The molecule has 0 spiro atoms. The highest BCUT2D eigenvalue weighted by Gasteiger charge is 2.35. The number of carbonyl (C=O) groups excluding carboxylic acids is 2. The third kappa shape index (κ3) is 5.76. The molecular formula is C32H30N2O8S. The summed E-state index contributed by atoms with van der Waals surface area (Å²) < 4.78 is 29.4. The van der Waals surface area contributed by atoms with Crippen LogP contribution in [0.3, 0.4) is 0 Å². The van der Waals surface area contributed by atoms with E-state index in [0.29, 0.717) is 54.7 Å². The Bertz CT molecular complexity index is 1910. The maximum absolute atomic E-state index is 14.0. The van der Waals surface area contributed by atoms with Crippen molar-refractivity contribution in [1.29, 1.82) is 0 Å². The molecule has 0 N–H and O–H groups in total. The Kier molecular flexibility index (Phi) is 8.63. The summed E-state index contributed by atoms with van der Waals surface area (Å²) in [5, 5.41) is 0. The van der Waals surface area contributed by atoms with Crippen LogP contribution in [0.2, 0.25) is 0 Å². The summed E-state index contributed by atoms with van der Waals surface area (Å²) in [6.45, 7) is 5.61. The number of methoxy groups -OCH3 is 2. The molecule has 0 radical (unpaired) electrons. The number of nitrogens with zero attached hydrogens (tertiary/aromatic N) is 2. The number of ether oxygens (including phenoxy) is 4. The summed E-state index contributed by atoms with van der Waals surface area (Å²) in [5.74, 6) is 0.956. The molecule has 10 nitrogen and oxygen atoms in total. The maximum Gasteiger partial charge on any atom is 0.338 e. The van der Waals surface area contributed by atoms with Crippen molar-refractivity contribution >= 4 is 29.4 Å². The van der Waals surface area contributed by atoms with Gasteiger partial charge in [-0.05, 0) is 63.2 Å². The van der Waals surface area contributed by atoms with Crippen molar-refractivity contribution in [2.24, 2.45) is 4.99 Å². The van der Waals surface area contributed by atoms with Crippen molar-refractivity contribution in [3.8, 4) is 22.8 Å². The summed E-state index contributed by atoms with van der Waals surface area (Å²) in [5.41, 5.74) is 1.94. The summed E-state index contributed by atoms with van der Waals surface area (Å²) in [6.07, 6.45) is 1.63. The highest BCUT2D eigenvalue weighted by molar-refractivity contribution is 7.07. The molecular weight excluding hydrogens is 572 g/mol. The monoisotopic (exact) mass is 602 g/mol. The van der Waals surface area contributed by atoms with Crippen molar-refractivity contribution in [3.05, 3.63) is 102 Å². The lowest BCUT2D eigenvalue weighted by molar-refractivity contribution is -0.139. The maximum atomic E-state index is 14.0. The van der Waals surface area contributed by atoms with Crippen LogP contribution in [0.4, 0.5) is 0 Å². The number of aromatic nitrogens is 1. The van der Waals surface area contributed by atoms with Gasteiger partial charge in [0.1, 0.15) is 29.1 Å². The lowest BCUT2D eigenvalue weighted by atomic mass is 9.95. The van der Waals surface area contributed by atoms with Crippen LogP contribution >= 0.6 is 11.3 Å². The topological polar surface area (TPSA) is 119 Å². The minimum absolute atomic E-state index is 0.158. The molecule has 11 heteroatoms. The van der Waals surface area contributed by atoms with E-state index >= 15 is 0 Å². The van der Waals surface area contributed by atoms with Crippen molar-refractivity contribution < 1.29 is 33.0 Å². The van der Waals surface area contributed by atoms with E-state index < -0.39 is 18.0 Å². The highest BCUT2D eigenvalue weighted by Crippen LogP contribution is 2.37. The first-order chi connectivity index (χ1) is 20.8. The van der Waals surface area contributed by atoms with Crippen LogP contribution < -0.4 is 24.4 Å². The number of benzene rings is 2. The van der Waals surface area contributed by atoms with Gasteiger partial charge in [-0.15, -0.1) is 0 Å². The van der Waals surface area contributed by atoms with Crippen molar-refractivity contribution in [2.75, 3.05) is 27.4 Å². The van der Waals surface area contributed by atoms with Crippen LogP contribution in [0.1, 0.15) is 48.5 Å². The molecule has 43 heavy (non-hydrogen) atoms. The molecule has 1 aliphatic heterocycles. The molecule has 4 aromatic rings. The molecule has 1 unspecified atom stereocenters. The highest BCUT2D eigenvalue weighted by atomic mass is 32.1. The van der Waals surface area contributed by atoms with Gasteiger partial charge in [0.15, 0.2) is 4.80 Å². The minimum atomic E-state index is -0.875. The van der Waals surface area contributed by atoms with Crippen LogP contribution in [0.5, 0.6) is 11.5 Å². The molecule has 222 valence electrons. The van der Waals surface area contributed by atoms with E-state index in [9.17, 15) is 14.4 Å². The fourth-order valence-corrected chi connectivity index (χ4v) is 5.89. The molecule has 1 aliphatic rings. The first kappa shape index (κ1) is 29.6. The van der Waals surface area contributed by atoms with Crippen LogP contribution in [0.15, 0.2) is 80.1 Å². The second-order valence-corrected chi connectivity index (χ2v) is 10.4. The van der Waals surface area contributed by atoms with E-state index in [2.05, 4.69) is 4.99 Å². The number of fused-ring (bicyclic) bond motifs is 1. The number of hydrogen-bond donors (Lipinski definition) is 0. The van der Waals surface area contributed by atoms with Gasteiger partial charge in [0, 0.05) is 17.2 Å². The fourth-order valence-electron chi connectivity index (χ4n) is 4.87. The zero-order valence-electron chi connectivity index (χ0n) is 24.3. The molecule has 0 saturated carbocycles. The number of rotatable bonds is 9. The fraction of sp³-hybridized carbons (Fsp3) is 0.250. The van der Waals surface area contributed by atoms with Crippen LogP contribution in [0, 0.1) is 0 Å². The summed E-state index contributed by atoms with van der Waals surface area (Å²) in [6, 6.07) is 14.8. The number of thiazole rings is 1. The molecule has 0 amide bonds. The first-order valence-electron chi connectivity index (χ1n) is 13.6. The van der Waals surface area contributed by atoms with Gasteiger partial charge in [-0.1, -0.05) is 23.5 Å². The molecule has 1 atom stereocenters. The lowest BCUT2D eigenvalue weighted by Gasteiger charge is -2.26. The Morgan fingerprint density at radius 2 is 1.77 bits per heavy atom. The largest absolute Gasteiger partial charge is 0.497 e. The van der Waals surface area contributed by atoms with Gasteiger partial charge in [0.05, 0.1) is 48.8 Å². The Labute approximate surface area is 251 Å². The summed E-state index contributed by atoms with van der Waals surface area (Å²) in [4.78, 5) is 44.4. The third-order valence-corrected chi connectivity index (χ3v) is 7.79. The van der Waals surface area contributed by atoms with Crippen LogP contribution in [-0.4, -0.2) is 43.9 Å². The molecule has 3 heterocycles. The Morgan fingerprint density at radius 1 is 1.00 bits per heavy atom. The van der Waals surface area contributed by atoms with E-state index in [-0.39, 0.29) is 24.3 Å². The van der Waals surface area contributed by atoms with E-state index in [1.807, 2.05) is 6.07 Å². The average Bonchev–Trinajstić information content (AvgIpc) is 3.60. The van der Waals surface area contributed by atoms with Crippen molar-refractivity contribution in [3.63, 3.8) is 0 Å². The molecule has 5 rings (SSSR count). The Hall–Kier alpha value is -4.90. The number of furan rings is 1. The van der Waals surface area contributed by atoms with Gasteiger partial charge in [-0.25, -0.2) is 14.6 Å². The van der Waals surface area contributed by atoms with Gasteiger partial charge < -0.3 is 23.4 Å². The van der Waals surface area contributed by atoms with E-state index in [1.165, 1.54) is 30.1 Å². The second kappa shape index (κ2) is 12.5. The molecule has 2 aromatic heterocycles. The van der Waals surface area contributed by atoms with E-state index in [0.717, 1.165) is 0 Å². The number of carbonyl (C=O) groups is 2. The Morgan fingerprint density at radius 3 is 2.49 bits per heavy atom.